The van der Waals surface area contributed by atoms with Crippen molar-refractivity contribution in [2.24, 2.45) is 7.05 Å². The number of rotatable bonds is 3. The van der Waals surface area contributed by atoms with E-state index in [4.69, 9.17) is 11.6 Å². The van der Waals surface area contributed by atoms with Crippen molar-refractivity contribution < 1.29 is 9.59 Å². The fraction of sp³-hybridized carbons (Fsp3) is 0.312. The molecule has 0 spiro atoms. The zero-order valence-electron chi connectivity index (χ0n) is 13.2. The molecule has 2 aromatic rings. The topological polar surface area (TPSA) is 79.3 Å². The van der Waals surface area contributed by atoms with Gasteiger partial charge in [-0.3, -0.25) is 9.48 Å². The van der Waals surface area contributed by atoms with Crippen LogP contribution < -0.4 is 10.6 Å². The highest BCUT2D eigenvalue weighted by Gasteiger charge is 2.25. The summed E-state index contributed by atoms with van der Waals surface area (Å²) in [5.41, 5.74) is 1.59. The van der Waals surface area contributed by atoms with Gasteiger partial charge >= 0.3 is 6.03 Å². The molecule has 0 aliphatic carbocycles. The Morgan fingerprint density at radius 2 is 2.08 bits per heavy atom. The number of aromatic nitrogens is 2. The first-order valence-corrected chi connectivity index (χ1v) is 7.98. The van der Waals surface area contributed by atoms with Gasteiger partial charge < -0.3 is 15.5 Å². The Hall–Kier alpha value is -2.54. The van der Waals surface area contributed by atoms with Crippen LogP contribution in [0.5, 0.6) is 0 Å². The number of piperazine rings is 1. The molecular weight excluding hydrogens is 330 g/mol. The first-order valence-electron chi connectivity index (χ1n) is 7.60. The smallest absolute Gasteiger partial charge is 0.318 e. The Morgan fingerprint density at radius 1 is 1.33 bits per heavy atom. The van der Waals surface area contributed by atoms with E-state index in [1.807, 2.05) is 31.4 Å². The van der Waals surface area contributed by atoms with Crippen LogP contribution in [0.2, 0.25) is 5.02 Å². The maximum absolute atomic E-state index is 12.5. The third-order valence-electron chi connectivity index (χ3n) is 3.83. The molecule has 24 heavy (non-hydrogen) atoms. The van der Waals surface area contributed by atoms with Crippen LogP contribution in [0.3, 0.4) is 0 Å². The fourth-order valence-electron chi connectivity index (χ4n) is 2.60. The van der Waals surface area contributed by atoms with Gasteiger partial charge in [0.05, 0.1) is 5.69 Å². The van der Waals surface area contributed by atoms with E-state index in [0.29, 0.717) is 18.1 Å². The van der Waals surface area contributed by atoms with E-state index >= 15 is 0 Å². The normalized spacial score (nSPS) is 15.8. The van der Waals surface area contributed by atoms with Crippen molar-refractivity contribution in [1.82, 2.24) is 25.3 Å². The highest BCUT2D eigenvalue weighted by Crippen LogP contribution is 2.22. The number of amides is 3. The third kappa shape index (κ3) is 3.68. The molecule has 0 saturated carbocycles. The number of carbonyl (C=O) groups is 2. The first kappa shape index (κ1) is 16.3. The average Bonchev–Trinajstić information content (AvgIpc) is 2.99. The van der Waals surface area contributed by atoms with E-state index in [1.54, 1.807) is 16.8 Å². The number of nitrogens with one attached hydrogen (secondary N) is 2. The Kier molecular flexibility index (Phi) is 4.71. The number of hydrogen-bond donors (Lipinski definition) is 2. The van der Waals surface area contributed by atoms with Crippen molar-refractivity contribution in [3.05, 3.63) is 52.8 Å². The summed E-state index contributed by atoms with van der Waals surface area (Å²) in [7, 11) is 1.82. The molecule has 1 aromatic heterocycles. The van der Waals surface area contributed by atoms with Crippen LogP contribution in [-0.4, -0.2) is 46.3 Å². The molecule has 1 aliphatic heterocycles. The first-order chi connectivity index (χ1) is 11.5. The minimum Gasteiger partial charge on any atom is -0.353 e. The molecule has 2 heterocycles. The molecule has 1 aromatic carbocycles. The lowest BCUT2D eigenvalue weighted by Crippen LogP contribution is -2.53. The molecule has 1 saturated heterocycles. The molecule has 8 heteroatoms. The van der Waals surface area contributed by atoms with Gasteiger partial charge in [-0.05, 0) is 23.8 Å². The SMILES string of the molecule is Cn1ccc([C@@H](NC(=O)N2CCNC(=O)C2)c2ccc(Cl)cc2)n1. The van der Waals surface area contributed by atoms with Gasteiger partial charge in [-0.1, -0.05) is 23.7 Å². The lowest BCUT2D eigenvalue weighted by molar-refractivity contribution is -0.123. The van der Waals surface area contributed by atoms with Crippen LogP contribution in [0.15, 0.2) is 36.5 Å². The van der Waals surface area contributed by atoms with Crippen molar-refractivity contribution in [2.45, 2.75) is 6.04 Å². The number of urea groups is 1. The van der Waals surface area contributed by atoms with Gasteiger partial charge in [0, 0.05) is 31.4 Å². The Balaban J connectivity index is 1.83. The standard InChI is InChI=1S/C16H18ClN5O2/c1-21-8-6-13(20-21)15(11-2-4-12(17)5-3-11)19-16(24)22-9-7-18-14(23)10-22/h2-6,8,15H,7,9-10H2,1H3,(H,18,23)(H,19,24)/t15-/m0/s1. The van der Waals surface area contributed by atoms with E-state index in [0.717, 1.165) is 11.3 Å². The molecule has 1 fully saturated rings. The molecule has 7 nitrogen and oxygen atoms in total. The summed E-state index contributed by atoms with van der Waals surface area (Å²) >= 11 is 5.95. The summed E-state index contributed by atoms with van der Waals surface area (Å²) in [6, 6.07) is 8.38. The summed E-state index contributed by atoms with van der Waals surface area (Å²) in [5, 5.41) is 10.7. The summed E-state index contributed by atoms with van der Waals surface area (Å²) in [6.45, 7) is 0.996. The van der Waals surface area contributed by atoms with E-state index in [-0.39, 0.29) is 18.5 Å². The molecule has 1 aliphatic rings. The molecule has 3 rings (SSSR count). The number of aryl methyl sites for hydroxylation is 1. The number of benzene rings is 1. The Morgan fingerprint density at radius 3 is 2.71 bits per heavy atom. The van der Waals surface area contributed by atoms with Crippen LogP contribution in [0, 0.1) is 0 Å². The fourth-order valence-corrected chi connectivity index (χ4v) is 2.72. The van der Waals surface area contributed by atoms with Crippen molar-refractivity contribution in [2.75, 3.05) is 19.6 Å². The summed E-state index contributed by atoms with van der Waals surface area (Å²) in [4.78, 5) is 25.5. The maximum atomic E-state index is 12.5. The van der Waals surface area contributed by atoms with Crippen LogP contribution in [-0.2, 0) is 11.8 Å². The van der Waals surface area contributed by atoms with Crippen molar-refractivity contribution in [1.29, 1.82) is 0 Å². The van der Waals surface area contributed by atoms with Gasteiger partial charge in [0.1, 0.15) is 12.6 Å². The Bertz CT molecular complexity index is 743. The summed E-state index contributed by atoms with van der Waals surface area (Å²) in [6.07, 6.45) is 1.82. The Labute approximate surface area is 144 Å². The molecule has 0 unspecified atom stereocenters. The van der Waals surface area contributed by atoms with Crippen LogP contribution >= 0.6 is 11.6 Å². The quantitative estimate of drug-likeness (QED) is 0.878. The largest absolute Gasteiger partial charge is 0.353 e. The predicted octanol–water partition coefficient (Wildman–Crippen LogP) is 1.30. The van der Waals surface area contributed by atoms with Gasteiger partial charge in [-0.2, -0.15) is 5.10 Å². The highest BCUT2D eigenvalue weighted by atomic mass is 35.5. The summed E-state index contributed by atoms with van der Waals surface area (Å²) < 4.78 is 1.68. The molecule has 0 radical (unpaired) electrons. The van der Waals surface area contributed by atoms with Crippen molar-refractivity contribution in [3.8, 4) is 0 Å². The number of nitrogens with zero attached hydrogens (tertiary/aromatic N) is 3. The van der Waals surface area contributed by atoms with E-state index in [1.165, 1.54) is 4.90 Å². The molecule has 3 amide bonds. The molecule has 126 valence electrons. The zero-order valence-corrected chi connectivity index (χ0v) is 14.0. The second-order valence-corrected chi connectivity index (χ2v) is 6.06. The van der Waals surface area contributed by atoms with E-state index in [2.05, 4.69) is 15.7 Å². The molecular formula is C16H18ClN5O2. The maximum Gasteiger partial charge on any atom is 0.318 e. The van der Waals surface area contributed by atoms with Gasteiger partial charge in [0.2, 0.25) is 5.91 Å². The summed E-state index contributed by atoms with van der Waals surface area (Å²) in [5.74, 6) is -0.155. The molecule has 0 bridgehead atoms. The van der Waals surface area contributed by atoms with Gasteiger partial charge in [0.25, 0.3) is 0 Å². The van der Waals surface area contributed by atoms with Gasteiger partial charge in [-0.15, -0.1) is 0 Å². The molecule has 2 N–H and O–H groups in total. The van der Waals surface area contributed by atoms with Crippen LogP contribution in [0.1, 0.15) is 17.3 Å². The molecule has 1 atom stereocenters. The van der Waals surface area contributed by atoms with Gasteiger partial charge in [-0.25, -0.2) is 4.79 Å². The van der Waals surface area contributed by atoms with Crippen LogP contribution in [0.4, 0.5) is 4.79 Å². The predicted molar refractivity (Wildman–Crippen MR) is 89.6 cm³/mol. The van der Waals surface area contributed by atoms with Gasteiger partial charge in [0.15, 0.2) is 0 Å². The number of carbonyl (C=O) groups excluding carboxylic acids is 2. The number of hydrogen-bond acceptors (Lipinski definition) is 3. The lowest BCUT2D eigenvalue weighted by Gasteiger charge is -2.29. The lowest BCUT2D eigenvalue weighted by atomic mass is 10.0. The average molecular weight is 348 g/mol. The second kappa shape index (κ2) is 6.92. The van der Waals surface area contributed by atoms with Crippen LogP contribution in [0.25, 0.3) is 0 Å². The minimum absolute atomic E-state index is 0.0569. The van der Waals surface area contributed by atoms with Crippen molar-refractivity contribution in [3.63, 3.8) is 0 Å². The van der Waals surface area contributed by atoms with Crippen molar-refractivity contribution >= 4 is 23.5 Å². The number of halogens is 1. The van der Waals surface area contributed by atoms with E-state index in [9.17, 15) is 9.59 Å². The highest BCUT2D eigenvalue weighted by molar-refractivity contribution is 6.30. The third-order valence-corrected chi connectivity index (χ3v) is 4.08. The second-order valence-electron chi connectivity index (χ2n) is 5.62. The monoisotopic (exact) mass is 347 g/mol. The van der Waals surface area contributed by atoms with E-state index < -0.39 is 6.04 Å². The minimum atomic E-state index is -0.416. The zero-order chi connectivity index (χ0) is 17.1.